The largest absolute Gasteiger partial charge is 0.416 e. The Morgan fingerprint density at radius 3 is 2.47 bits per heavy atom. The molecule has 1 fully saturated rings. The van der Waals surface area contributed by atoms with Crippen molar-refractivity contribution in [3.05, 3.63) is 29.8 Å². The monoisotopic (exact) mass is 293 g/mol. The van der Waals surface area contributed by atoms with Crippen LogP contribution in [-0.4, -0.2) is 14.5 Å². The molecule has 0 bridgehead atoms. The van der Waals surface area contributed by atoms with E-state index in [1.54, 1.807) is 6.92 Å². The average molecular weight is 293 g/mol. The lowest BCUT2D eigenvalue weighted by Gasteiger charge is -2.14. The van der Waals surface area contributed by atoms with Gasteiger partial charge >= 0.3 is 6.18 Å². The highest BCUT2D eigenvalue weighted by atomic mass is 32.2. The molecule has 1 aromatic carbocycles. The molecule has 1 aliphatic rings. The Balaban J connectivity index is 2.24. The van der Waals surface area contributed by atoms with Crippen molar-refractivity contribution in [1.82, 2.24) is 4.72 Å². The quantitative estimate of drug-likeness (QED) is 0.928. The summed E-state index contributed by atoms with van der Waals surface area (Å²) in [6.07, 6.45) is -2.65. The molecule has 0 spiro atoms. The number of alkyl halides is 3. The first-order chi connectivity index (χ1) is 8.70. The zero-order valence-corrected chi connectivity index (χ0v) is 11.1. The number of hydrogen-bond donors (Lipinski definition) is 1. The van der Waals surface area contributed by atoms with Crippen LogP contribution >= 0.6 is 0 Å². The van der Waals surface area contributed by atoms with Gasteiger partial charge in [-0.05, 0) is 43.9 Å². The molecular formula is C12H14F3NO2S. The number of benzene rings is 1. The van der Waals surface area contributed by atoms with Gasteiger partial charge < -0.3 is 0 Å². The third-order valence-corrected chi connectivity index (χ3v) is 4.70. The molecule has 1 N–H and O–H groups in total. The van der Waals surface area contributed by atoms with Gasteiger partial charge in [-0.25, -0.2) is 13.1 Å². The van der Waals surface area contributed by atoms with Crippen LogP contribution in [0.2, 0.25) is 0 Å². The molecule has 3 nitrogen and oxygen atoms in total. The summed E-state index contributed by atoms with van der Waals surface area (Å²) in [5.41, 5.74) is -0.963. The number of nitrogens with one attached hydrogen (secondary N) is 1. The fourth-order valence-corrected chi connectivity index (χ4v) is 3.20. The van der Waals surface area contributed by atoms with Crippen molar-refractivity contribution < 1.29 is 21.6 Å². The van der Waals surface area contributed by atoms with E-state index in [9.17, 15) is 21.6 Å². The summed E-state index contributed by atoms with van der Waals surface area (Å²) in [6, 6.07) is 3.52. The zero-order valence-electron chi connectivity index (χ0n) is 10.2. The maximum absolute atomic E-state index is 12.5. The lowest BCUT2D eigenvalue weighted by atomic mass is 10.2. The van der Waals surface area contributed by atoms with Crippen LogP contribution in [-0.2, 0) is 16.2 Å². The Bertz CT molecular complexity index is 565. The first-order valence-corrected chi connectivity index (χ1v) is 7.38. The molecule has 0 heterocycles. The van der Waals surface area contributed by atoms with E-state index in [1.807, 2.05) is 0 Å². The van der Waals surface area contributed by atoms with Crippen LogP contribution in [0.4, 0.5) is 13.2 Å². The molecule has 2 rings (SSSR count). The fraction of sp³-hybridized carbons (Fsp3) is 0.500. The molecule has 19 heavy (non-hydrogen) atoms. The van der Waals surface area contributed by atoms with Crippen LogP contribution in [0.5, 0.6) is 0 Å². The normalized spacial score (nSPS) is 18.3. The summed E-state index contributed by atoms with van der Waals surface area (Å²) in [7, 11) is -3.90. The molecule has 0 saturated heterocycles. The molecule has 1 aromatic rings. The molecule has 0 amide bonds. The average Bonchev–Trinajstić information content (AvgIpc) is 3.11. The predicted octanol–water partition coefficient (Wildman–Crippen LogP) is 2.78. The highest BCUT2D eigenvalue weighted by Crippen LogP contribution is 2.34. The van der Waals surface area contributed by atoms with E-state index in [2.05, 4.69) is 4.72 Å². The minimum absolute atomic E-state index is 0.250. The van der Waals surface area contributed by atoms with Gasteiger partial charge in [-0.2, -0.15) is 13.2 Å². The second kappa shape index (κ2) is 4.79. The molecule has 1 aliphatic carbocycles. The van der Waals surface area contributed by atoms with Crippen molar-refractivity contribution in [2.75, 3.05) is 0 Å². The van der Waals surface area contributed by atoms with E-state index in [4.69, 9.17) is 0 Å². The maximum Gasteiger partial charge on any atom is 0.416 e. The highest BCUT2D eigenvalue weighted by Gasteiger charge is 2.33. The predicted molar refractivity (Wildman–Crippen MR) is 64.0 cm³/mol. The van der Waals surface area contributed by atoms with Crippen LogP contribution in [0, 0.1) is 5.92 Å². The molecule has 106 valence electrons. The van der Waals surface area contributed by atoms with Crippen LogP contribution in [0.3, 0.4) is 0 Å². The first kappa shape index (κ1) is 14.3. The summed E-state index contributed by atoms with van der Waals surface area (Å²) in [4.78, 5) is -0.352. The summed E-state index contributed by atoms with van der Waals surface area (Å²) in [6.45, 7) is 1.73. The second-order valence-electron chi connectivity index (χ2n) is 4.77. The van der Waals surface area contributed by atoms with E-state index >= 15 is 0 Å². The van der Waals surface area contributed by atoms with Gasteiger partial charge in [0.1, 0.15) is 0 Å². The van der Waals surface area contributed by atoms with E-state index in [0.717, 1.165) is 31.0 Å². The van der Waals surface area contributed by atoms with Crippen molar-refractivity contribution in [2.24, 2.45) is 5.92 Å². The Hall–Kier alpha value is -1.08. The molecule has 0 aliphatic heterocycles. The highest BCUT2D eigenvalue weighted by molar-refractivity contribution is 7.89. The number of halogens is 3. The molecule has 0 radical (unpaired) electrons. The SMILES string of the molecule is CC(NS(=O)(=O)c1cccc(C(F)(F)F)c1)C1CC1. The molecule has 1 unspecified atom stereocenters. The van der Waals surface area contributed by atoms with Gasteiger partial charge in [0.15, 0.2) is 0 Å². The van der Waals surface area contributed by atoms with Crippen LogP contribution < -0.4 is 4.72 Å². The van der Waals surface area contributed by atoms with Crippen molar-refractivity contribution in [1.29, 1.82) is 0 Å². The van der Waals surface area contributed by atoms with Crippen LogP contribution in [0.25, 0.3) is 0 Å². The van der Waals surface area contributed by atoms with E-state index < -0.39 is 21.8 Å². The Kier molecular flexibility index (Phi) is 3.61. The maximum atomic E-state index is 12.5. The van der Waals surface area contributed by atoms with Gasteiger partial charge in [0.2, 0.25) is 10.0 Å². The Morgan fingerprint density at radius 2 is 1.95 bits per heavy atom. The molecule has 0 aromatic heterocycles. The van der Waals surface area contributed by atoms with Crippen molar-refractivity contribution in [3.8, 4) is 0 Å². The number of hydrogen-bond acceptors (Lipinski definition) is 2. The standard InChI is InChI=1S/C12H14F3NO2S/c1-8(9-5-6-9)16-19(17,18)11-4-2-3-10(7-11)12(13,14)15/h2-4,7-9,16H,5-6H2,1H3. The third-order valence-electron chi connectivity index (χ3n) is 3.14. The molecule has 1 atom stereocenters. The van der Waals surface area contributed by atoms with E-state index in [0.29, 0.717) is 12.0 Å². The first-order valence-electron chi connectivity index (χ1n) is 5.90. The number of sulfonamides is 1. The summed E-state index contributed by atoms with van der Waals surface area (Å²) < 4.78 is 64.0. The van der Waals surface area contributed by atoms with Crippen molar-refractivity contribution in [2.45, 2.75) is 36.9 Å². The fourth-order valence-electron chi connectivity index (χ4n) is 1.84. The summed E-state index contributed by atoms with van der Waals surface area (Å²) >= 11 is 0. The number of rotatable bonds is 4. The summed E-state index contributed by atoms with van der Waals surface area (Å²) in [5, 5.41) is 0. The molecule has 1 saturated carbocycles. The minimum Gasteiger partial charge on any atom is -0.208 e. The van der Waals surface area contributed by atoms with E-state index in [-0.39, 0.29) is 10.9 Å². The van der Waals surface area contributed by atoms with Gasteiger partial charge in [0, 0.05) is 6.04 Å². The van der Waals surface area contributed by atoms with Crippen LogP contribution in [0.15, 0.2) is 29.2 Å². The van der Waals surface area contributed by atoms with Gasteiger partial charge in [-0.15, -0.1) is 0 Å². The second-order valence-corrected chi connectivity index (χ2v) is 6.49. The lowest BCUT2D eigenvalue weighted by molar-refractivity contribution is -0.137. The van der Waals surface area contributed by atoms with Gasteiger partial charge in [0.25, 0.3) is 0 Å². The topological polar surface area (TPSA) is 46.2 Å². The Morgan fingerprint density at radius 1 is 1.32 bits per heavy atom. The summed E-state index contributed by atoms with van der Waals surface area (Å²) in [5.74, 6) is 0.292. The van der Waals surface area contributed by atoms with Gasteiger partial charge in [-0.1, -0.05) is 6.07 Å². The minimum atomic E-state index is -4.55. The van der Waals surface area contributed by atoms with Crippen molar-refractivity contribution >= 4 is 10.0 Å². The Labute approximate surface area is 109 Å². The van der Waals surface area contributed by atoms with Gasteiger partial charge in [0.05, 0.1) is 10.5 Å². The zero-order chi connectivity index (χ0) is 14.3. The van der Waals surface area contributed by atoms with E-state index in [1.165, 1.54) is 0 Å². The van der Waals surface area contributed by atoms with Crippen molar-refractivity contribution in [3.63, 3.8) is 0 Å². The molecular weight excluding hydrogens is 279 g/mol. The smallest absolute Gasteiger partial charge is 0.208 e. The lowest BCUT2D eigenvalue weighted by Crippen LogP contribution is -2.34. The van der Waals surface area contributed by atoms with Crippen LogP contribution in [0.1, 0.15) is 25.3 Å². The molecule has 7 heteroatoms. The third kappa shape index (κ3) is 3.48. The van der Waals surface area contributed by atoms with Gasteiger partial charge in [-0.3, -0.25) is 0 Å².